The maximum Gasteiger partial charge on any atom is 0.417 e. The highest BCUT2D eigenvalue weighted by atomic mass is 19.4. The lowest BCUT2D eigenvalue weighted by Gasteiger charge is -2.10. The van der Waals surface area contributed by atoms with Gasteiger partial charge in [-0.3, -0.25) is 0 Å². The number of hydrogen-bond donors (Lipinski definition) is 1. The zero-order valence-corrected chi connectivity index (χ0v) is 13.3. The van der Waals surface area contributed by atoms with Crippen molar-refractivity contribution in [3.05, 3.63) is 59.9 Å². The summed E-state index contributed by atoms with van der Waals surface area (Å²) in [6.45, 7) is 0. The van der Waals surface area contributed by atoms with E-state index >= 15 is 0 Å². The van der Waals surface area contributed by atoms with Crippen LogP contribution in [0.1, 0.15) is 5.56 Å². The van der Waals surface area contributed by atoms with Gasteiger partial charge in [-0.25, -0.2) is 4.39 Å². The molecule has 27 heavy (non-hydrogen) atoms. The molecule has 0 saturated heterocycles. The van der Waals surface area contributed by atoms with Crippen molar-refractivity contribution in [2.45, 2.75) is 6.18 Å². The average molecular weight is 375 g/mol. The van der Waals surface area contributed by atoms with E-state index in [1.807, 2.05) is 6.07 Å². The molecule has 0 saturated carbocycles. The van der Waals surface area contributed by atoms with Crippen LogP contribution in [0.15, 0.2) is 53.1 Å². The Labute approximate surface area is 148 Å². The van der Waals surface area contributed by atoms with E-state index in [1.165, 1.54) is 0 Å². The van der Waals surface area contributed by atoms with Crippen molar-refractivity contribution in [2.75, 3.05) is 0 Å². The quantitative estimate of drug-likeness (QED) is 0.539. The lowest BCUT2D eigenvalue weighted by molar-refractivity contribution is -0.137. The minimum atomic E-state index is -4.78. The van der Waals surface area contributed by atoms with Crippen molar-refractivity contribution in [1.29, 1.82) is 0 Å². The molecule has 0 spiro atoms. The van der Waals surface area contributed by atoms with Crippen LogP contribution in [-0.4, -0.2) is 25.6 Å². The van der Waals surface area contributed by atoms with Gasteiger partial charge in [0.2, 0.25) is 5.82 Å². The number of rotatable bonds is 3. The van der Waals surface area contributed by atoms with Gasteiger partial charge in [0.25, 0.3) is 5.89 Å². The summed E-state index contributed by atoms with van der Waals surface area (Å²) in [4.78, 5) is 3.99. The number of aromatic nitrogens is 5. The second-order valence-corrected chi connectivity index (χ2v) is 5.50. The molecule has 136 valence electrons. The molecule has 0 aliphatic carbocycles. The first-order valence-corrected chi connectivity index (χ1v) is 7.61. The van der Waals surface area contributed by atoms with Crippen molar-refractivity contribution in [3.63, 3.8) is 0 Å². The molecule has 0 radical (unpaired) electrons. The molecule has 0 atom stereocenters. The molecular formula is C17H9F4N5O. The molecule has 0 amide bonds. The van der Waals surface area contributed by atoms with E-state index in [0.29, 0.717) is 17.3 Å². The van der Waals surface area contributed by atoms with Crippen molar-refractivity contribution >= 4 is 0 Å². The normalized spacial score (nSPS) is 11.7. The summed E-state index contributed by atoms with van der Waals surface area (Å²) in [5, 5.41) is 14.0. The fourth-order valence-electron chi connectivity index (χ4n) is 2.55. The van der Waals surface area contributed by atoms with Gasteiger partial charge < -0.3 is 4.52 Å². The maximum absolute atomic E-state index is 13.3. The molecule has 0 aliphatic heterocycles. The van der Waals surface area contributed by atoms with Crippen molar-refractivity contribution in [2.24, 2.45) is 0 Å². The largest absolute Gasteiger partial charge is 0.417 e. The van der Waals surface area contributed by atoms with Crippen LogP contribution in [0, 0.1) is 5.82 Å². The number of nitrogens with zero attached hydrogens (tertiary/aromatic N) is 4. The second-order valence-electron chi connectivity index (χ2n) is 5.50. The number of hydrogen-bond acceptors (Lipinski definition) is 5. The van der Waals surface area contributed by atoms with Gasteiger partial charge in [-0.1, -0.05) is 35.5 Å². The van der Waals surface area contributed by atoms with Crippen LogP contribution in [0.3, 0.4) is 0 Å². The average Bonchev–Trinajstić information content (AvgIpc) is 3.31. The standard InChI is InChI=1S/C17H9F4N5O/c18-10-6-7-11(12(8-10)17(19,20)21)15-22-16(27-25-15)14-13(23-26-24-14)9-4-2-1-3-5-9/h1-8H,(H,23,24,26). The summed E-state index contributed by atoms with van der Waals surface area (Å²) >= 11 is 0. The molecular weight excluding hydrogens is 366 g/mol. The Balaban J connectivity index is 1.78. The molecule has 0 unspecified atom stereocenters. The molecule has 10 heteroatoms. The van der Waals surface area contributed by atoms with Crippen LogP contribution in [0.4, 0.5) is 17.6 Å². The van der Waals surface area contributed by atoms with Crippen LogP contribution >= 0.6 is 0 Å². The van der Waals surface area contributed by atoms with Gasteiger partial charge in [-0.2, -0.15) is 33.6 Å². The molecule has 0 fully saturated rings. The number of halogens is 4. The van der Waals surface area contributed by atoms with Gasteiger partial charge in [0.15, 0.2) is 5.69 Å². The van der Waals surface area contributed by atoms with Crippen molar-refractivity contribution in [1.82, 2.24) is 25.6 Å². The Morgan fingerprint density at radius 3 is 2.41 bits per heavy atom. The van der Waals surface area contributed by atoms with Crippen LogP contribution < -0.4 is 0 Å². The Kier molecular flexibility index (Phi) is 3.94. The third kappa shape index (κ3) is 3.16. The molecule has 6 nitrogen and oxygen atoms in total. The zero-order chi connectivity index (χ0) is 19.0. The smallest absolute Gasteiger partial charge is 0.332 e. The fraction of sp³-hybridized carbons (Fsp3) is 0.0588. The fourth-order valence-corrected chi connectivity index (χ4v) is 2.55. The lowest BCUT2D eigenvalue weighted by Crippen LogP contribution is -2.08. The van der Waals surface area contributed by atoms with Gasteiger partial charge in [0, 0.05) is 11.1 Å². The van der Waals surface area contributed by atoms with Gasteiger partial charge >= 0.3 is 6.18 Å². The topological polar surface area (TPSA) is 80.5 Å². The number of nitrogens with one attached hydrogen (secondary N) is 1. The predicted molar refractivity (Wildman–Crippen MR) is 85.5 cm³/mol. The van der Waals surface area contributed by atoms with Crippen LogP contribution in [0.25, 0.3) is 34.2 Å². The lowest BCUT2D eigenvalue weighted by atomic mass is 10.1. The van der Waals surface area contributed by atoms with Crippen LogP contribution in [-0.2, 0) is 6.18 Å². The Bertz CT molecular complexity index is 1090. The predicted octanol–water partition coefficient (Wildman–Crippen LogP) is 4.35. The van der Waals surface area contributed by atoms with Gasteiger partial charge in [-0.15, -0.1) is 0 Å². The molecule has 2 aromatic carbocycles. The maximum atomic E-state index is 13.3. The van der Waals surface area contributed by atoms with Gasteiger partial charge in [0.05, 0.1) is 5.56 Å². The Hall–Kier alpha value is -3.56. The highest BCUT2D eigenvalue weighted by Crippen LogP contribution is 2.37. The first-order valence-electron chi connectivity index (χ1n) is 7.61. The second kappa shape index (κ2) is 6.31. The summed E-state index contributed by atoms with van der Waals surface area (Å²) in [6.07, 6.45) is -4.78. The summed E-state index contributed by atoms with van der Waals surface area (Å²) in [6, 6.07) is 11.2. The van der Waals surface area contributed by atoms with E-state index in [1.54, 1.807) is 24.3 Å². The number of alkyl halides is 3. The molecule has 4 rings (SSSR count). The Morgan fingerprint density at radius 2 is 1.67 bits per heavy atom. The third-order valence-electron chi connectivity index (χ3n) is 3.75. The summed E-state index contributed by atoms with van der Waals surface area (Å²) in [5.41, 5.74) is -0.294. The summed E-state index contributed by atoms with van der Waals surface area (Å²) < 4.78 is 58.0. The molecule has 4 aromatic rings. The van der Waals surface area contributed by atoms with Crippen LogP contribution in [0.5, 0.6) is 0 Å². The Morgan fingerprint density at radius 1 is 0.926 bits per heavy atom. The minimum absolute atomic E-state index is 0.116. The highest BCUT2D eigenvalue weighted by molar-refractivity contribution is 5.74. The SMILES string of the molecule is Fc1ccc(-c2noc(-c3n[nH]nc3-c3ccccc3)n2)c(C(F)(F)F)c1. The van der Waals surface area contributed by atoms with Crippen molar-refractivity contribution in [3.8, 4) is 34.2 Å². The van der Waals surface area contributed by atoms with E-state index < -0.39 is 23.1 Å². The number of H-pyrrole nitrogens is 1. The summed E-state index contributed by atoms with van der Waals surface area (Å²) in [5.74, 6) is -1.47. The van der Waals surface area contributed by atoms with Crippen LogP contribution in [0.2, 0.25) is 0 Å². The van der Waals surface area contributed by atoms with Crippen molar-refractivity contribution < 1.29 is 22.1 Å². The molecule has 1 N–H and O–H groups in total. The molecule has 2 heterocycles. The first-order chi connectivity index (χ1) is 12.9. The van der Waals surface area contributed by atoms with Gasteiger partial charge in [0.1, 0.15) is 11.5 Å². The molecule has 0 bridgehead atoms. The summed E-state index contributed by atoms with van der Waals surface area (Å²) in [7, 11) is 0. The van der Waals surface area contributed by atoms with E-state index in [-0.39, 0.29) is 17.4 Å². The number of benzene rings is 2. The van der Waals surface area contributed by atoms with Gasteiger partial charge in [-0.05, 0) is 18.2 Å². The zero-order valence-electron chi connectivity index (χ0n) is 13.3. The number of aromatic amines is 1. The minimum Gasteiger partial charge on any atom is -0.332 e. The van der Waals surface area contributed by atoms with E-state index in [0.717, 1.165) is 12.1 Å². The molecule has 0 aliphatic rings. The first kappa shape index (κ1) is 16.9. The van der Waals surface area contributed by atoms with E-state index in [9.17, 15) is 17.6 Å². The molecule has 2 aromatic heterocycles. The highest BCUT2D eigenvalue weighted by Gasteiger charge is 2.35. The monoisotopic (exact) mass is 375 g/mol. The van der Waals surface area contributed by atoms with E-state index in [2.05, 4.69) is 25.6 Å². The third-order valence-corrected chi connectivity index (χ3v) is 3.75. The van der Waals surface area contributed by atoms with E-state index in [4.69, 9.17) is 4.52 Å².